The SMILES string of the molecule is CC(C)Cc1nc2cccnc2n1CC1CCCS1(=O)=O. The van der Waals surface area contributed by atoms with Gasteiger partial charge >= 0.3 is 0 Å². The van der Waals surface area contributed by atoms with Gasteiger partial charge in [-0.25, -0.2) is 18.4 Å². The molecule has 1 fully saturated rings. The van der Waals surface area contributed by atoms with Crippen molar-refractivity contribution in [2.75, 3.05) is 5.75 Å². The third kappa shape index (κ3) is 2.81. The molecule has 1 aliphatic heterocycles. The average molecular weight is 307 g/mol. The fourth-order valence-electron chi connectivity index (χ4n) is 2.99. The normalized spacial score (nSPS) is 21.4. The highest BCUT2D eigenvalue weighted by molar-refractivity contribution is 7.92. The van der Waals surface area contributed by atoms with Gasteiger partial charge in [-0.2, -0.15) is 0 Å². The summed E-state index contributed by atoms with van der Waals surface area (Å²) in [6, 6.07) is 3.80. The van der Waals surface area contributed by atoms with E-state index < -0.39 is 9.84 Å². The van der Waals surface area contributed by atoms with Crippen molar-refractivity contribution >= 4 is 21.0 Å². The summed E-state index contributed by atoms with van der Waals surface area (Å²) in [7, 11) is -2.95. The number of pyridine rings is 1. The van der Waals surface area contributed by atoms with Gasteiger partial charge in [-0.1, -0.05) is 13.8 Å². The number of fused-ring (bicyclic) bond motifs is 1. The maximum Gasteiger partial charge on any atom is 0.160 e. The molecule has 1 aliphatic rings. The molecule has 114 valence electrons. The smallest absolute Gasteiger partial charge is 0.160 e. The Morgan fingerprint density at radius 1 is 1.43 bits per heavy atom. The van der Waals surface area contributed by atoms with Crippen molar-refractivity contribution in [3.8, 4) is 0 Å². The fourth-order valence-corrected chi connectivity index (χ4v) is 4.79. The lowest BCUT2D eigenvalue weighted by Crippen LogP contribution is -2.23. The molecule has 1 unspecified atom stereocenters. The molecule has 0 radical (unpaired) electrons. The van der Waals surface area contributed by atoms with Crippen LogP contribution in [0.2, 0.25) is 0 Å². The van der Waals surface area contributed by atoms with Crippen LogP contribution in [0.3, 0.4) is 0 Å². The molecule has 1 atom stereocenters. The lowest BCUT2D eigenvalue weighted by atomic mass is 10.1. The Balaban J connectivity index is 2.03. The predicted octanol–water partition coefficient (Wildman–Crippen LogP) is 2.21. The lowest BCUT2D eigenvalue weighted by molar-refractivity contribution is 0.543. The van der Waals surface area contributed by atoms with E-state index in [9.17, 15) is 8.42 Å². The zero-order chi connectivity index (χ0) is 15.0. The second kappa shape index (κ2) is 5.40. The van der Waals surface area contributed by atoms with Crippen LogP contribution in [0.4, 0.5) is 0 Å². The minimum Gasteiger partial charge on any atom is -0.311 e. The molecule has 0 aromatic carbocycles. The first-order valence-corrected chi connectivity index (χ1v) is 9.20. The van der Waals surface area contributed by atoms with Crippen LogP contribution in [0.25, 0.3) is 11.2 Å². The van der Waals surface area contributed by atoms with Crippen LogP contribution in [-0.2, 0) is 22.8 Å². The molecule has 2 aromatic rings. The molecule has 0 bridgehead atoms. The quantitative estimate of drug-likeness (QED) is 0.868. The molecule has 2 aromatic heterocycles. The van der Waals surface area contributed by atoms with Crippen LogP contribution >= 0.6 is 0 Å². The van der Waals surface area contributed by atoms with Crippen molar-refractivity contribution in [2.45, 2.75) is 44.9 Å². The van der Waals surface area contributed by atoms with Gasteiger partial charge in [0.05, 0.1) is 11.0 Å². The molecule has 6 heteroatoms. The molecule has 3 rings (SSSR count). The van der Waals surface area contributed by atoms with E-state index in [1.54, 1.807) is 6.20 Å². The Labute approximate surface area is 125 Å². The van der Waals surface area contributed by atoms with Gasteiger partial charge in [-0.15, -0.1) is 0 Å². The Bertz CT molecular complexity index is 749. The third-order valence-electron chi connectivity index (χ3n) is 4.02. The molecule has 0 N–H and O–H groups in total. The molecule has 0 aliphatic carbocycles. The van der Waals surface area contributed by atoms with Gasteiger partial charge in [0.25, 0.3) is 0 Å². The molecule has 0 saturated carbocycles. The Kier molecular flexibility index (Phi) is 3.73. The van der Waals surface area contributed by atoms with E-state index in [1.807, 2.05) is 16.7 Å². The first kappa shape index (κ1) is 14.5. The zero-order valence-corrected chi connectivity index (χ0v) is 13.3. The largest absolute Gasteiger partial charge is 0.311 e. The monoisotopic (exact) mass is 307 g/mol. The summed E-state index contributed by atoms with van der Waals surface area (Å²) < 4.78 is 26.2. The number of sulfone groups is 1. The predicted molar refractivity (Wildman–Crippen MR) is 82.9 cm³/mol. The van der Waals surface area contributed by atoms with E-state index in [4.69, 9.17) is 0 Å². The number of hydrogen-bond acceptors (Lipinski definition) is 4. The molecule has 21 heavy (non-hydrogen) atoms. The summed E-state index contributed by atoms with van der Waals surface area (Å²) in [4.78, 5) is 9.05. The topological polar surface area (TPSA) is 64.8 Å². The second-order valence-corrected chi connectivity index (χ2v) is 8.61. The maximum absolute atomic E-state index is 12.1. The molecular weight excluding hydrogens is 286 g/mol. The summed E-state index contributed by atoms with van der Waals surface area (Å²) in [6.07, 6.45) is 4.09. The van der Waals surface area contributed by atoms with Gasteiger partial charge in [0.2, 0.25) is 0 Å². The van der Waals surface area contributed by atoms with Crippen molar-refractivity contribution < 1.29 is 8.42 Å². The number of hydrogen-bond donors (Lipinski definition) is 0. The summed E-state index contributed by atoms with van der Waals surface area (Å²) in [6.45, 7) is 4.77. The van der Waals surface area contributed by atoms with E-state index >= 15 is 0 Å². The number of rotatable bonds is 4. The van der Waals surface area contributed by atoms with Crippen LogP contribution in [0.5, 0.6) is 0 Å². The number of aromatic nitrogens is 3. The van der Waals surface area contributed by atoms with Crippen LogP contribution in [0.15, 0.2) is 18.3 Å². The van der Waals surface area contributed by atoms with E-state index in [1.165, 1.54) is 0 Å². The highest BCUT2D eigenvalue weighted by atomic mass is 32.2. The van der Waals surface area contributed by atoms with Gasteiger partial charge in [-0.3, -0.25) is 0 Å². The van der Waals surface area contributed by atoms with Crippen molar-refractivity contribution in [3.05, 3.63) is 24.2 Å². The zero-order valence-electron chi connectivity index (χ0n) is 12.5. The van der Waals surface area contributed by atoms with Crippen molar-refractivity contribution in [2.24, 2.45) is 5.92 Å². The third-order valence-corrected chi connectivity index (χ3v) is 6.28. The van der Waals surface area contributed by atoms with Crippen molar-refractivity contribution in [1.82, 2.24) is 14.5 Å². The lowest BCUT2D eigenvalue weighted by Gasteiger charge is -2.14. The van der Waals surface area contributed by atoms with E-state index in [0.717, 1.165) is 36.3 Å². The minimum absolute atomic E-state index is 0.289. The molecule has 1 saturated heterocycles. The van der Waals surface area contributed by atoms with Gasteiger partial charge in [0.15, 0.2) is 15.5 Å². The van der Waals surface area contributed by atoms with Gasteiger partial charge in [0, 0.05) is 19.2 Å². The Hall–Kier alpha value is -1.43. The van der Waals surface area contributed by atoms with Crippen LogP contribution < -0.4 is 0 Å². The molecule has 3 heterocycles. The first-order chi connectivity index (χ1) is 9.97. The number of nitrogens with zero attached hydrogens (tertiary/aromatic N) is 3. The van der Waals surface area contributed by atoms with Gasteiger partial charge < -0.3 is 4.57 Å². The summed E-state index contributed by atoms with van der Waals surface area (Å²) in [5.41, 5.74) is 1.65. The molecular formula is C15H21N3O2S. The van der Waals surface area contributed by atoms with E-state index in [-0.39, 0.29) is 5.25 Å². The van der Waals surface area contributed by atoms with Crippen molar-refractivity contribution in [3.63, 3.8) is 0 Å². The Morgan fingerprint density at radius 2 is 2.24 bits per heavy atom. The van der Waals surface area contributed by atoms with Crippen LogP contribution in [0.1, 0.15) is 32.5 Å². The molecule has 0 spiro atoms. The maximum atomic E-state index is 12.1. The highest BCUT2D eigenvalue weighted by Crippen LogP contribution is 2.25. The van der Waals surface area contributed by atoms with Gasteiger partial charge in [-0.05, 0) is 30.9 Å². The number of imidazole rings is 1. The van der Waals surface area contributed by atoms with Crippen LogP contribution in [-0.4, -0.2) is 34.0 Å². The van der Waals surface area contributed by atoms with E-state index in [2.05, 4.69) is 23.8 Å². The highest BCUT2D eigenvalue weighted by Gasteiger charge is 2.32. The van der Waals surface area contributed by atoms with Crippen LogP contribution in [0, 0.1) is 5.92 Å². The van der Waals surface area contributed by atoms with E-state index in [0.29, 0.717) is 18.2 Å². The summed E-state index contributed by atoms with van der Waals surface area (Å²) in [5, 5.41) is -0.289. The second-order valence-electron chi connectivity index (χ2n) is 6.21. The summed E-state index contributed by atoms with van der Waals surface area (Å²) in [5.74, 6) is 1.73. The minimum atomic E-state index is -2.95. The standard InChI is InChI=1S/C15H21N3O2S/c1-11(2)9-14-17-13-6-3-7-16-15(13)18(14)10-12-5-4-8-21(12,19)20/h3,6-7,11-12H,4-5,8-10H2,1-2H3. The average Bonchev–Trinajstić information content (AvgIpc) is 2.91. The summed E-state index contributed by atoms with van der Waals surface area (Å²) >= 11 is 0. The van der Waals surface area contributed by atoms with Crippen molar-refractivity contribution in [1.29, 1.82) is 0 Å². The molecule has 5 nitrogen and oxygen atoms in total. The Morgan fingerprint density at radius 3 is 2.90 bits per heavy atom. The van der Waals surface area contributed by atoms with Gasteiger partial charge in [0.1, 0.15) is 11.3 Å². The fraction of sp³-hybridized carbons (Fsp3) is 0.600. The first-order valence-electron chi connectivity index (χ1n) is 7.49. The molecule has 0 amide bonds.